The lowest BCUT2D eigenvalue weighted by molar-refractivity contribution is -0.123. The van der Waals surface area contributed by atoms with E-state index in [9.17, 15) is 9.59 Å². The Balaban J connectivity index is 4.77. The predicted molar refractivity (Wildman–Crippen MR) is 71.5 cm³/mol. The van der Waals surface area contributed by atoms with Crippen LogP contribution in [0.4, 0.5) is 4.79 Å². The number of ketones is 1. The number of carbonyl (C=O) groups is 2. The molecule has 1 N–H and O–H groups in total. The van der Waals surface area contributed by atoms with Gasteiger partial charge in [-0.15, -0.1) is 0 Å². The molecule has 0 unspecified atom stereocenters. The number of carbonyl (C=O) groups excluding carboxylic acids is 2. The van der Waals surface area contributed by atoms with E-state index >= 15 is 0 Å². The standard InChI is InChI=1S/C12H22BrNO3/c1-6-12(7-2,9(15)8-13)14-10(16)17-11(3,4)5/h6-8H2,1-5H3,(H,14,16). The van der Waals surface area contributed by atoms with Crippen LogP contribution >= 0.6 is 15.9 Å². The number of alkyl carbamates (subject to hydrolysis) is 1. The highest BCUT2D eigenvalue weighted by Crippen LogP contribution is 2.19. The maximum atomic E-state index is 11.9. The first-order valence-electron chi connectivity index (χ1n) is 5.81. The van der Waals surface area contributed by atoms with Gasteiger partial charge in [0.15, 0.2) is 5.78 Å². The number of hydrogen-bond acceptors (Lipinski definition) is 3. The molecule has 0 rings (SSSR count). The average Bonchev–Trinajstić information content (AvgIpc) is 2.22. The minimum Gasteiger partial charge on any atom is -0.444 e. The third-order valence-electron chi connectivity index (χ3n) is 2.60. The van der Waals surface area contributed by atoms with Crippen molar-refractivity contribution in [2.24, 2.45) is 0 Å². The van der Waals surface area contributed by atoms with Gasteiger partial charge in [0, 0.05) is 0 Å². The van der Waals surface area contributed by atoms with Crippen molar-refractivity contribution in [3.05, 3.63) is 0 Å². The normalized spacial score (nSPS) is 12.1. The summed E-state index contributed by atoms with van der Waals surface area (Å²) in [4.78, 5) is 23.6. The van der Waals surface area contributed by atoms with Crippen LogP contribution in [-0.4, -0.2) is 28.3 Å². The topological polar surface area (TPSA) is 55.4 Å². The Bertz CT molecular complexity index is 280. The molecule has 0 aromatic carbocycles. The maximum absolute atomic E-state index is 11.9. The van der Waals surface area contributed by atoms with Crippen LogP contribution in [0.1, 0.15) is 47.5 Å². The van der Waals surface area contributed by atoms with E-state index in [2.05, 4.69) is 21.2 Å². The van der Waals surface area contributed by atoms with Gasteiger partial charge in [-0.05, 0) is 33.6 Å². The van der Waals surface area contributed by atoms with Crippen LogP contribution < -0.4 is 5.32 Å². The quantitative estimate of drug-likeness (QED) is 0.794. The predicted octanol–water partition coefficient (Wildman–Crippen LogP) is 3.03. The highest BCUT2D eigenvalue weighted by Gasteiger charge is 2.36. The van der Waals surface area contributed by atoms with E-state index in [1.807, 2.05) is 13.8 Å². The molecule has 0 fully saturated rings. The zero-order valence-corrected chi connectivity index (χ0v) is 12.8. The molecule has 100 valence electrons. The van der Waals surface area contributed by atoms with Crippen LogP contribution in [0.5, 0.6) is 0 Å². The van der Waals surface area contributed by atoms with Crippen molar-refractivity contribution in [2.45, 2.75) is 58.6 Å². The second-order valence-corrected chi connectivity index (χ2v) is 5.53. The summed E-state index contributed by atoms with van der Waals surface area (Å²) in [7, 11) is 0. The molecule has 0 spiro atoms. The molecule has 5 heteroatoms. The zero-order chi connectivity index (χ0) is 13.7. The van der Waals surface area contributed by atoms with Crippen molar-refractivity contribution in [3.63, 3.8) is 0 Å². The molecule has 0 saturated heterocycles. The second-order valence-electron chi connectivity index (χ2n) is 4.97. The lowest BCUT2D eigenvalue weighted by Crippen LogP contribution is -2.55. The van der Waals surface area contributed by atoms with Gasteiger partial charge in [-0.25, -0.2) is 4.79 Å². The molecule has 0 saturated carbocycles. The fourth-order valence-corrected chi connectivity index (χ4v) is 2.05. The van der Waals surface area contributed by atoms with Crippen molar-refractivity contribution in [1.82, 2.24) is 5.32 Å². The summed E-state index contributed by atoms with van der Waals surface area (Å²) in [6.07, 6.45) is 0.552. The fraction of sp³-hybridized carbons (Fsp3) is 0.833. The summed E-state index contributed by atoms with van der Waals surface area (Å²) in [6, 6.07) is 0. The van der Waals surface area contributed by atoms with Gasteiger partial charge in [0.05, 0.1) is 5.33 Å². The Morgan fingerprint density at radius 3 is 1.94 bits per heavy atom. The number of alkyl halides is 1. The lowest BCUT2D eigenvalue weighted by atomic mass is 9.89. The molecule has 0 aliphatic heterocycles. The second kappa shape index (κ2) is 6.38. The first kappa shape index (κ1) is 16.4. The molecule has 0 aliphatic rings. The molecule has 0 heterocycles. The van der Waals surface area contributed by atoms with Gasteiger partial charge in [-0.3, -0.25) is 4.79 Å². The molecular formula is C12H22BrNO3. The van der Waals surface area contributed by atoms with E-state index in [1.54, 1.807) is 20.8 Å². The van der Waals surface area contributed by atoms with E-state index in [0.717, 1.165) is 0 Å². The van der Waals surface area contributed by atoms with Crippen LogP contribution in [0.2, 0.25) is 0 Å². The van der Waals surface area contributed by atoms with Crippen molar-refractivity contribution in [1.29, 1.82) is 0 Å². The van der Waals surface area contributed by atoms with Gasteiger partial charge in [0.1, 0.15) is 11.1 Å². The van der Waals surface area contributed by atoms with Gasteiger partial charge in [0.25, 0.3) is 0 Å². The minimum absolute atomic E-state index is 0.0339. The highest BCUT2D eigenvalue weighted by molar-refractivity contribution is 9.09. The number of Topliss-reactive ketones (excluding diaryl/α,β-unsaturated/α-hetero) is 1. The third-order valence-corrected chi connectivity index (χ3v) is 3.11. The number of rotatable bonds is 5. The number of halogens is 1. The van der Waals surface area contributed by atoms with Crippen molar-refractivity contribution < 1.29 is 14.3 Å². The Labute approximate surface area is 112 Å². The SMILES string of the molecule is CCC(CC)(NC(=O)OC(C)(C)C)C(=O)CBr. The van der Waals surface area contributed by atoms with Gasteiger partial charge < -0.3 is 10.1 Å². The number of ether oxygens (including phenoxy) is 1. The highest BCUT2D eigenvalue weighted by atomic mass is 79.9. The lowest BCUT2D eigenvalue weighted by Gasteiger charge is -2.32. The van der Waals surface area contributed by atoms with Gasteiger partial charge in [-0.2, -0.15) is 0 Å². The molecule has 0 aliphatic carbocycles. The van der Waals surface area contributed by atoms with Crippen LogP contribution in [0.15, 0.2) is 0 Å². The van der Waals surface area contributed by atoms with E-state index in [-0.39, 0.29) is 11.1 Å². The summed E-state index contributed by atoms with van der Waals surface area (Å²) < 4.78 is 5.17. The van der Waals surface area contributed by atoms with Crippen LogP contribution in [0.25, 0.3) is 0 Å². The molecule has 0 radical (unpaired) electrons. The van der Waals surface area contributed by atoms with Crippen molar-refractivity contribution in [2.75, 3.05) is 5.33 Å². The summed E-state index contributed by atoms with van der Waals surface area (Å²) in [5.41, 5.74) is -1.39. The molecule has 0 aromatic rings. The van der Waals surface area contributed by atoms with Crippen LogP contribution in [0, 0.1) is 0 Å². The first-order valence-corrected chi connectivity index (χ1v) is 6.93. The molecule has 17 heavy (non-hydrogen) atoms. The number of amides is 1. The Morgan fingerprint density at radius 1 is 1.18 bits per heavy atom. The van der Waals surface area contributed by atoms with Crippen LogP contribution in [0.3, 0.4) is 0 Å². The summed E-state index contributed by atoms with van der Waals surface area (Å²) in [5, 5.41) is 2.92. The fourth-order valence-electron chi connectivity index (χ4n) is 1.52. The molecule has 4 nitrogen and oxygen atoms in total. The largest absolute Gasteiger partial charge is 0.444 e. The molecule has 0 bridgehead atoms. The van der Waals surface area contributed by atoms with E-state index in [4.69, 9.17) is 4.74 Å². The van der Waals surface area contributed by atoms with Gasteiger partial charge in [0.2, 0.25) is 0 Å². The number of hydrogen-bond donors (Lipinski definition) is 1. The summed E-state index contributed by atoms with van der Waals surface area (Å²) >= 11 is 3.14. The van der Waals surface area contributed by atoms with E-state index in [1.165, 1.54) is 0 Å². The molecule has 0 aromatic heterocycles. The monoisotopic (exact) mass is 307 g/mol. The van der Waals surface area contributed by atoms with E-state index in [0.29, 0.717) is 12.8 Å². The van der Waals surface area contributed by atoms with Crippen molar-refractivity contribution >= 4 is 27.8 Å². The molecular weight excluding hydrogens is 286 g/mol. The average molecular weight is 308 g/mol. The maximum Gasteiger partial charge on any atom is 0.408 e. The number of nitrogens with one attached hydrogen (secondary N) is 1. The van der Waals surface area contributed by atoms with Crippen molar-refractivity contribution in [3.8, 4) is 0 Å². The molecule has 1 amide bonds. The Morgan fingerprint density at radius 2 is 1.65 bits per heavy atom. The Hall–Kier alpha value is -0.580. The summed E-state index contributed by atoms with van der Waals surface area (Å²) in [5.74, 6) is -0.0339. The first-order chi connectivity index (χ1) is 7.70. The molecule has 0 atom stereocenters. The Kier molecular flexibility index (Phi) is 6.16. The third kappa shape index (κ3) is 5.06. The van der Waals surface area contributed by atoms with E-state index < -0.39 is 17.2 Å². The minimum atomic E-state index is -0.828. The van der Waals surface area contributed by atoms with Gasteiger partial charge in [-0.1, -0.05) is 29.8 Å². The smallest absolute Gasteiger partial charge is 0.408 e. The van der Waals surface area contributed by atoms with Gasteiger partial charge >= 0.3 is 6.09 Å². The summed E-state index contributed by atoms with van der Waals surface area (Å²) in [6.45, 7) is 9.12. The zero-order valence-electron chi connectivity index (χ0n) is 11.2. The van der Waals surface area contributed by atoms with Crippen LogP contribution in [-0.2, 0) is 9.53 Å².